The van der Waals surface area contributed by atoms with Gasteiger partial charge in [0.25, 0.3) is 5.69 Å². The quantitative estimate of drug-likeness (QED) is 0.581. The van der Waals surface area contributed by atoms with E-state index in [0.717, 1.165) is 25.1 Å². The van der Waals surface area contributed by atoms with Gasteiger partial charge in [-0.2, -0.15) is 0 Å². The summed E-state index contributed by atoms with van der Waals surface area (Å²) in [5.41, 5.74) is 1.06. The van der Waals surface area contributed by atoms with E-state index in [1.807, 2.05) is 13.0 Å². The number of nitro groups is 1. The molecule has 0 radical (unpaired) electrons. The minimum absolute atomic E-state index is 0.126. The maximum absolute atomic E-state index is 10.6. The number of hydrogen-bond acceptors (Lipinski definition) is 4. The Hall–Kier alpha value is -1.46. The topological polar surface area (TPSA) is 66.6 Å². The number of hydrogen-bond donors (Lipinski definition) is 1. The maximum Gasteiger partial charge on any atom is 0.269 e. The van der Waals surface area contributed by atoms with E-state index in [0.29, 0.717) is 6.54 Å². The highest BCUT2D eigenvalue weighted by Gasteiger charge is 2.08. The van der Waals surface area contributed by atoms with Crippen molar-refractivity contribution in [3.8, 4) is 0 Å². The van der Waals surface area contributed by atoms with Gasteiger partial charge in [-0.25, -0.2) is 0 Å². The fourth-order valence-electron chi connectivity index (χ4n) is 1.67. The van der Waals surface area contributed by atoms with Crippen molar-refractivity contribution in [1.29, 1.82) is 0 Å². The fraction of sp³-hybridized carbons (Fsp3) is 0.500. The predicted octanol–water partition coefficient (Wildman–Crippen LogP) is 1.80. The summed E-state index contributed by atoms with van der Waals surface area (Å²) in [6, 6.07) is 6.68. The smallest absolute Gasteiger partial charge is 0.269 e. The zero-order chi connectivity index (χ0) is 12.7. The first-order valence-electron chi connectivity index (χ1n) is 5.74. The molecule has 0 aliphatic rings. The first-order chi connectivity index (χ1) is 8.17. The molecular weight excluding hydrogens is 220 g/mol. The van der Waals surface area contributed by atoms with Crippen molar-refractivity contribution < 1.29 is 10.0 Å². The molecule has 1 rings (SSSR count). The van der Waals surface area contributed by atoms with E-state index in [9.17, 15) is 10.1 Å². The highest BCUT2D eigenvalue weighted by atomic mass is 16.6. The highest BCUT2D eigenvalue weighted by Crippen LogP contribution is 2.14. The summed E-state index contributed by atoms with van der Waals surface area (Å²) in [5.74, 6) is 0. The molecule has 0 amide bonds. The van der Waals surface area contributed by atoms with Crippen molar-refractivity contribution in [3.05, 3.63) is 39.9 Å². The van der Waals surface area contributed by atoms with Crippen molar-refractivity contribution in [2.75, 3.05) is 19.7 Å². The summed E-state index contributed by atoms with van der Waals surface area (Å²) in [6.07, 6.45) is 0.725. The van der Waals surface area contributed by atoms with Gasteiger partial charge in [0, 0.05) is 31.8 Å². The lowest BCUT2D eigenvalue weighted by Crippen LogP contribution is -2.24. The van der Waals surface area contributed by atoms with Crippen LogP contribution in [0.5, 0.6) is 0 Å². The van der Waals surface area contributed by atoms with Crippen LogP contribution in [-0.2, 0) is 6.54 Å². The molecule has 0 aliphatic carbocycles. The van der Waals surface area contributed by atoms with Crippen LogP contribution in [0.1, 0.15) is 18.9 Å². The molecule has 94 valence electrons. The number of nitrogens with zero attached hydrogens (tertiary/aromatic N) is 2. The van der Waals surface area contributed by atoms with Gasteiger partial charge in [-0.3, -0.25) is 15.0 Å². The van der Waals surface area contributed by atoms with Crippen LogP contribution in [0.4, 0.5) is 5.69 Å². The molecule has 0 bridgehead atoms. The van der Waals surface area contributed by atoms with Crippen LogP contribution >= 0.6 is 0 Å². The third-order valence-corrected chi connectivity index (χ3v) is 2.61. The van der Waals surface area contributed by atoms with Gasteiger partial charge < -0.3 is 5.11 Å². The van der Waals surface area contributed by atoms with Crippen molar-refractivity contribution in [1.82, 2.24) is 4.90 Å². The summed E-state index contributed by atoms with van der Waals surface area (Å²) in [5, 5.41) is 19.4. The molecule has 0 saturated heterocycles. The lowest BCUT2D eigenvalue weighted by atomic mass is 10.2. The summed E-state index contributed by atoms with van der Waals surface area (Å²) in [4.78, 5) is 12.4. The minimum atomic E-state index is -0.381. The van der Waals surface area contributed by atoms with Crippen molar-refractivity contribution in [3.63, 3.8) is 0 Å². The zero-order valence-electron chi connectivity index (χ0n) is 10.0. The van der Waals surface area contributed by atoms with Gasteiger partial charge in [0.15, 0.2) is 0 Å². The van der Waals surface area contributed by atoms with Crippen LogP contribution in [0.25, 0.3) is 0 Å². The van der Waals surface area contributed by atoms with E-state index in [-0.39, 0.29) is 17.2 Å². The lowest BCUT2D eigenvalue weighted by molar-refractivity contribution is -0.384. The van der Waals surface area contributed by atoms with Crippen LogP contribution in [0.15, 0.2) is 24.3 Å². The monoisotopic (exact) mass is 238 g/mol. The molecule has 0 fully saturated rings. The molecule has 1 aromatic carbocycles. The van der Waals surface area contributed by atoms with Crippen molar-refractivity contribution in [2.24, 2.45) is 0 Å². The Morgan fingerprint density at radius 1 is 1.47 bits per heavy atom. The van der Waals surface area contributed by atoms with Crippen LogP contribution in [0.2, 0.25) is 0 Å². The van der Waals surface area contributed by atoms with Gasteiger partial charge in [0.05, 0.1) is 4.92 Å². The summed E-state index contributed by atoms with van der Waals surface area (Å²) in [7, 11) is 0. The summed E-state index contributed by atoms with van der Waals surface area (Å²) in [6.45, 7) is 4.55. The van der Waals surface area contributed by atoms with E-state index in [4.69, 9.17) is 5.11 Å². The third kappa shape index (κ3) is 4.50. The number of rotatable bonds is 7. The first kappa shape index (κ1) is 13.6. The highest BCUT2D eigenvalue weighted by molar-refractivity contribution is 5.34. The second kappa shape index (κ2) is 6.98. The number of aliphatic hydroxyl groups excluding tert-OH is 1. The molecule has 0 atom stereocenters. The lowest BCUT2D eigenvalue weighted by Gasteiger charge is -2.19. The van der Waals surface area contributed by atoms with Crippen LogP contribution in [0, 0.1) is 10.1 Å². The summed E-state index contributed by atoms with van der Waals surface area (Å²) >= 11 is 0. The van der Waals surface area contributed by atoms with E-state index in [2.05, 4.69) is 4.90 Å². The molecule has 5 heteroatoms. The largest absolute Gasteiger partial charge is 0.396 e. The SMILES string of the molecule is CCN(CCCO)Cc1cccc([N+](=O)[O-])c1. The Morgan fingerprint density at radius 2 is 2.24 bits per heavy atom. The van der Waals surface area contributed by atoms with Crippen LogP contribution in [0.3, 0.4) is 0 Å². The Balaban J connectivity index is 2.65. The second-order valence-electron chi connectivity index (χ2n) is 3.87. The molecule has 1 aromatic rings. The molecule has 0 aliphatic heterocycles. The number of non-ortho nitro benzene ring substituents is 1. The Kier molecular flexibility index (Phi) is 5.59. The Morgan fingerprint density at radius 3 is 2.82 bits per heavy atom. The van der Waals surface area contributed by atoms with E-state index >= 15 is 0 Å². The number of nitro benzene ring substituents is 1. The van der Waals surface area contributed by atoms with Gasteiger partial charge in [-0.05, 0) is 18.5 Å². The van der Waals surface area contributed by atoms with E-state index < -0.39 is 0 Å². The van der Waals surface area contributed by atoms with Gasteiger partial charge in [0.1, 0.15) is 0 Å². The first-order valence-corrected chi connectivity index (χ1v) is 5.74. The normalized spacial score (nSPS) is 10.8. The van der Waals surface area contributed by atoms with Crippen LogP contribution in [-0.4, -0.2) is 34.6 Å². The molecule has 17 heavy (non-hydrogen) atoms. The standard InChI is InChI=1S/C12H18N2O3/c1-2-13(7-4-8-15)10-11-5-3-6-12(9-11)14(16)17/h3,5-6,9,15H,2,4,7-8,10H2,1H3. The average molecular weight is 238 g/mol. The molecule has 5 nitrogen and oxygen atoms in total. The second-order valence-corrected chi connectivity index (χ2v) is 3.87. The molecule has 0 saturated carbocycles. The molecular formula is C12H18N2O3. The fourth-order valence-corrected chi connectivity index (χ4v) is 1.67. The molecule has 0 unspecified atom stereocenters. The molecule has 0 heterocycles. The van der Waals surface area contributed by atoms with Gasteiger partial charge >= 0.3 is 0 Å². The van der Waals surface area contributed by atoms with Crippen molar-refractivity contribution >= 4 is 5.69 Å². The van der Waals surface area contributed by atoms with Crippen molar-refractivity contribution in [2.45, 2.75) is 19.9 Å². The van der Waals surface area contributed by atoms with Gasteiger partial charge in [0.2, 0.25) is 0 Å². The van der Waals surface area contributed by atoms with Gasteiger partial charge in [-0.15, -0.1) is 0 Å². The molecule has 0 spiro atoms. The Bertz CT molecular complexity index is 369. The third-order valence-electron chi connectivity index (χ3n) is 2.61. The zero-order valence-corrected chi connectivity index (χ0v) is 10.0. The minimum Gasteiger partial charge on any atom is -0.396 e. The number of benzene rings is 1. The Labute approximate surface area is 101 Å². The average Bonchev–Trinajstić information content (AvgIpc) is 2.34. The number of aliphatic hydroxyl groups is 1. The molecule has 1 N–H and O–H groups in total. The predicted molar refractivity (Wildman–Crippen MR) is 65.8 cm³/mol. The maximum atomic E-state index is 10.6. The van der Waals surface area contributed by atoms with E-state index in [1.54, 1.807) is 12.1 Å². The van der Waals surface area contributed by atoms with Gasteiger partial charge in [-0.1, -0.05) is 19.1 Å². The summed E-state index contributed by atoms with van der Waals surface area (Å²) < 4.78 is 0. The molecule has 0 aromatic heterocycles. The van der Waals surface area contributed by atoms with E-state index in [1.165, 1.54) is 6.07 Å². The van der Waals surface area contributed by atoms with Crippen LogP contribution < -0.4 is 0 Å².